The summed E-state index contributed by atoms with van der Waals surface area (Å²) < 4.78 is 6.96. The van der Waals surface area contributed by atoms with Crippen LogP contribution in [-0.2, 0) is 0 Å². The molecule has 0 saturated heterocycles. The Morgan fingerprint density at radius 1 is 0.383 bits per heavy atom. The first-order valence-electron chi connectivity index (χ1n) is 15.9. The van der Waals surface area contributed by atoms with Crippen LogP contribution in [-0.4, -0.2) is 13.7 Å². The van der Waals surface area contributed by atoms with Crippen molar-refractivity contribution in [3.8, 4) is 23.1 Å². The summed E-state index contributed by atoms with van der Waals surface area (Å²) in [5.41, 5.74) is 9.91. The van der Waals surface area contributed by atoms with Crippen LogP contribution in [0.2, 0.25) is 0 Å². The van der Waals surface area contributed by atoms with Crippen molar-refractivity contribution < 1.29 is 0 Å². The number of rotatable bonds is 3. The van der Waals surface area contributed by atoms with Crippen LogP contribution < -0.4 is 0 Å². The molecule has 3 heterocycles. The predicted octanol–water partition coefficient (Wildman–Crippen LogP) is 10.8. The molecule has 4 nitrogen and oxygen atoms in total. The SMILES string of the molecule is N#Cc1c(-n2c3ccccc3c3ccccc32)cc(-n2c3ccccc3c3ccccc32)c2c3ccccc3n(-c3ccccc3)c12. The Balaban J connectivity index is 1.51. The highest BCUT2D eigenvalue weighted by atomic mass is 15.0. The van der Waals surface area contributed by atoms with Crippen molar-refractivity contribution in [2.24, 2.45) is 0 Å². The van der Waals surface area contributed by atoms with E-state index in [9.17, 15) is 5.26 Å². The number of benzene rings is 7. The molecule has 10 rings (SSSR count). The largest absolute Gasteiger partial charge is 0.308 e. The highest BCUT2D eigenvalue weighted by Crippen LogP contribution is 2.44. The number of nitriles is 1. The summed E-state index contributed by atoms with van der Waals surface area (Å²) in [5.74, 6) is 0. The molecule has 0 aliphatic carbocycles. The zero-order valence-corrected chi connectivity index (χ0v) is 25.3. The Bertz CT molecular complexity index is 2810. The monoisotopic (exact) mass is 598 g/mol. The maximum atomic E-state index is 11.2. The van der Waals surface area contributed by atoms with Gasteiger partial charge in [-0.1, -0.05) is 109 Å². The van der Waals surface area contributed by atoms with Crippen molar-refractivity contribution in [3.05, 3.63) is 163 Å². The molecule has 0 fully saturated rings. The molecule has 4 heteroatoms. The van der Waals surface area contributed by atoms with E-state index in [0.29, 0.717) is 5.56 Å². The number of para-hydroxylation sites is 6. The van der Waals surface area contributed by atoms with E-state index in [-0.39, 0.29) is 0 Å². The first-order valence-corrected chi connectivity index (χ1v) is 15.9. The van der Waals surface area contributed by atoms with E-state index in [2.05, 4.69) is 171 Å². The molecule has 7 aromatic carbocycles. The Kier molecular flexibility index (Phi) is 5.32. The summed E-state index contributed by atoms with van der Waals surface area (Å²) >= 11 is 0. The van der Waals surface area contributed by atoms with E-state index in [1.165, 1.54) is 10.8 Å². The lowest BCUT2D eigenvalue weighted by Gasteiger charge is -2.18. The van der Waals surface area contributed by atoms with Crippen LogP contribution in [0, 0.1) is 11.3 Å². The third-order valence-electron chi connectivity index (χ3n) is 9.67. The molecule has 0 radical (unpaired) electrons. The van der Waals surface area contributed by atoms with Crippen molar-refractivity contribution in [3.63, 3.8) is 0 Å². The van der Waals surface area contributed by atoms with Gasteiger partial charge < -0.3 is 13.7 Å². The van der Waals surface area contributed by atoms with Gasteiger partial charge in [-0.15, -0.1) is 0 Å². The second kappa shape index (κ2) is 9.71. The smallest absolute Gasteiger partial charge is 0.104 e. The van der Waals surface area contributed by atoms with Gasteiger partial charge in [0.05, 0.1) is 44.5 Å². The maximum Gasteiger partial charge on any atom is 0.104 e. The Morgan fingerprint density at radius 3 is 1.23 bits per heavy atom. The fraction of sp³-hybridized carbons (Fsp3) is 0. The van der Waals surface area contributed by atoms with Crippen molar-refractivity contribution in [1.82, 2.24) is 13.7 Å². The van der Waals surface area contributed by atoms with Crippen molar-refractivity contribution >= 4 is 65.4 Å². The zero-order chi connectivity index (χ0) is 31.1. The van der Waals surface area contributed by atoms with E-state index in [0.717, 1.165) is 71.7 Å². The van der Waals surface area contributed by atoms with E-state index >= 15 is 0 Å². The van der Waals surface area contributed by atoms with Crippen LogP contribution in [0.4, 0.5) is 0 Å². The summed E-state index contributed by atoms with van der Waals surface area (Å²) in [6.07, 6.45) is 0. The molecule has 0 aliphatic heterocycles. The lowest BCUT2D eigenvalue weighted by Crippen LogP contribution is -2.05. The van der Waals surface area contributed by atoms with Crippen molar-refractivity contribution in [1.29, 1.82) is 5.26 Å². The maximum absolute atomic E-state index is 11.2. The first kappa shape index (κ1) is 25.7. The Labute approximate surface area is 270 Å². The minimum Gasteiger partial charge on any atom is -0.308 e. The summed E-state index contributed by atoms with van der Waals surface area (Å²) in [6, 6.07) is 58.2. The van der Waals surface area contributed by atoms with Crippen molar-refractivity contribution in [2.75, 3.05) is 0 Å². The van der Waals surface area contributed by atoms with Gasteiger partial charge in [-0.25, -0.2) is 0 Å². The molecule has 218 valence electrons. The molecule has 3 aromatic heterocycles. The lowest BCUT2D eigenvalue weighted by molar-refractivity contribution is 1.12. The third-order valence-corrected chi connectivity index (χ3v) is 9.67. The highest BCUT2D eigenvalue weighted by Gasteiger charge is 2.26. The minimum atomic E-state index is 0.635. The first-order chi connectivity index (χ1) is 23.3. The Hall–Kier alpha value is -6.57. The van der Waals surface area contributed by atoms with E-state index in [1.54, 1.807) is 0 Å². The van der Waals surface area contributed by atoms with E-state index in [4.69, 9.17) is 0 Å². The van der Waals surface area contributed by atoms with Gasteiger partial charge in [0.2, 0.25) is 0 Å². The van der Waals surface area contributed by atoms with Crippen LogP contribution in [0.15, 0.2) is 158 Å². The van der Waals surface area contributed by atoms with Gasteiger partial charge in [-0.3, -0.25) is 0 Å². The van der Waals surface area contributed by atoms with Crippen LogP contribution in [0.3, 0.4) is 0 Å². The third kappa shape index (κ3) is 3.46. The van der Waals surface area contributed by atoms with Crippen LogP contribution in [0.1, 0.15) is 5.56 Å². The van der Waals surface area contributed by atoms with Gasteiger partial charge in [0.15, 0.2) is 0 Å². The summed E-state index contributed by atoms with van der Waals surface area (Å²) in [7, 11) is 0. The number of nitrogens with zero attached hydrogens (tertiary/aromatic N) is 4. The average molecular weight is 599 g/mol. The second-order valence-corrected chi connectivity index (χ2v) is 12.1. The topological polar surface area (TPSA) is 38.6 Å². The van der Waals surface area contributed by atoms with Gasteiger partial charge >= 0.3 is 0 Å². The molecule has 0 amide bonds. The normalized spacial score (nSPS) is 11.8. The second-order valence-electron chi connectivity index (χ2n) is 12.1. The van der Waals surface area contributed by atoms with Gasteiger partial charge in [0.25, 0.3) is 0 Å². The summed E-state index contributed by atoms with van der Waals surface area (Å²) in [6.45, 7) is 0. The molecular weight excluding hydrogens is 573 g/mol. The molecule has 0 unspecified atom stereocenters. The number of hydrogen-bond donors (Lipinski definition) is 0. The number of aromatic nitrogens is 3. The quantitative estimate of drug-likeness (QED) is 0.199. The van der Waals surface area contributed by atoms with Gasteiger partial charge in [-0.05, 0) is 48.5 Å². The average Bonchev–Trinajstić information content (AvgIpc) is 3.78. The summed E-state index contributed by atoms with van der Waals surface area (Å²) in [5, 5.41) is 18.1. The van der Waals surface area contributed by atoms with Gasteiger partial charge in [0, 0.05) is 38.0 Å². The van der Waals surface area contributed by atoms with Crippen LogP contribution in [0.5, 0.6) is 0 Å². The molecule has 0 N–H and O–H groups in total. The molecular formula is C43H26N4. The zero-order valence-electron chi connectivity index (χ0n) is 25.3. The van der Waals surface area contributed by atoms with Crippen LogP contribution in [0.25, 0.3) is 82.5 Å². The summed E-state index contributed by atoms with van der Waals surface area (Å²) in [4.78, 5) is 0. The molecule has 10 aromatic rings. The molecule has 0 spiro atoms. The standard InChI is InChI=1S/C43H26N4/c44-27-34-40(46-35-21-9-4-16-29(35)30-17-5-10-22-36(30)46)26-41(47-37-23-11-6-18-31(37)32-19-7-12-24-38(32)47)42-33-20-8-13-25-39(33)45(43(34)42)28-14-2-1-3-15-28/h1-26H. The minimum absolute atomic E-state index is 0.635. The lowest BCUT2D eigenvalue weighted by atomic mass is 10.0. The predicted molar refractivity (Wildman–Crippen MR) is 194 cm³/mol. The Morgan fingerprint density at radius 2 is 0.766 bits per heavy atom. The molecule has 0 bridgehead atoms. The van der Waals surface area contributed by atoms with E-state index < -0.39 is 0 Å². The fourth-order valence-electron chi connectivity index (χ4n) is 7.80. The van der Waals surface area contributed by atoms with E-state index in [1.807, 2.05) is 6.07 Å². The molecule has 47 heavy (non-hydrogen) atoms. The van der Waals surface area contributed by atoms with Gasteiger partial charge in [0.1, 0.15) is 11.6 Å². The van der Waals surface area contributed by atoms with Gasteiger partial charge in [-0.2, -0.15) is 5.26 Å². The molecule has 0 saturated carbocycles. The molecule has 0 atom stereocenters. The van der Waals surface area contributed by atoms with Crippen LogP contribution >= 0.6 is 0 Å². The highest BCUT2D eigenvalue weighted by molar-refractivity contribution is 6.19. The number of hydrogen-bond acceptors (Lipinski definition) is 1. The number of fused-ring (bicyclic) bond motifs is 9. The fourth-order valence-corrected chi connectivity index (χ4v) is 7.80. The van der Waals surface area contributed by atoms with Crippen molar-refractivity contribution in [2.45, 2.75) is 0 Å². The molecule has 0 aliphatic rings.